The van der Waals surface area contributed by atoms with Crippen molar-refractivity contribution in [1.29, 1.82) is 0 Å². The fourth-order valence-electron chi connectivity index (χ4n) is 13.1. The van der Waals surface area contributed by atoms with Crippen molar-refractivity contribution in [3.63, 3.8) is 0 Å². The van der Waals surface area contributed by atoms with Crippen LogP contribution in [-0.4, -0.2) is 85.7 Å². The van der Waals surface area contributed by atoms with Crippen molar-refractivity contribution < 1.29 is 52.3 Å². The smallest absolute Gasteiger partial charge is 0.303 e. The van der Waals surface area contributed by atoms with Gasteiger partial charge in [-0.25, -0.2) is 0 Å². The van der Waals surface area contributed by atoms with E-state index in [9.17, 15) is 19.2 Å². The number of hydrogen-bond donors (Lipinski definition) is 1. The second-order valence-electron chi connectivity index (χ2n) is 19.7. The molecule has 1 spiro atoms. The zero-order valence-electron chi connectivity index (χ0n) is 36.7. The van der Waals surface area contributed by atoms with Crippen molar-refractivity contribution >= 4 is 41.5 Å². The topological polar surface area (TPSA) is 145 Å². The van der Waals surface area contributed by atoms with Gasteiger partial charge in [0.1, 0.15) is 18.8 Å². The number of amides is 1. The Morgan fingerprint density at radius 3 is 2.43 bits per heavy atom. The van der Waals surface area contributed by atoms with Crippen LogP contribution in [0.5, 0.6) is 0 Å². The van der Waals surface area contributed by atoms with E-state index in [1.807, 2.05) is 6.07 Å². The van der Waals surface area contributed by atoms with E-state index in [0.29, 0.717) is 52.5 Å². The Kier molecular flexibility index (Phi) is 12.6. The summed E-state index contributed by atoms with van der Waals surface area (Å²) < 4.78 is 43.8. The van der Waals surface area contributed by atoms with E-state index in [-0.39, 0.29) is 29.6 Å². The lowest BCUT2D eigenvalue weighted by Crippen LogP contribution is -2.67. The van der Waals surface area contributed by atoms with Crippen LogP contribution in [0.1, 0.15) is 112 Å². The maximum Gasteiger partial charge on any atom is 0.303 e. The van der Waals surface area contributed by atoms with Gasteiger partial charge in [-0.2, -0.15) is 0 Å². The Morgan fingerprint density at radius 2 is 1.72 bits per heavy atom. The first kappa shape index (κ1) is 44.3. The molecule has 1 amide bonds. The van der Waals surface area contributed by atoms with Crippen LogP contribution in [0.3, 0.4) is 0 Å². The number of benzene rings is 1. The quantitative estimate of drug-likeness (QED) is 0.113. The standard InChI is InChI=1S/C48H64ClNO11/c1-26-15-20-48(56-24-26)27(2)41-38(61-48)23-37-35-13-12-32-22-34(16-18-46(32,6)36(35)17-19-47(37,41)7)59-45-42(50-40(54)14-11-31-9-8-10-33(49)21-31)44(58-30(5)53)43(57-29(4)52)39(60-45)25-55-28(3)51/h8-12,14,21,26-27,34-39,41-45H,13,15-20,22-25H2,1-7H3,(H,50,54)/b14-11+/t26-,27+,34+,35-,36+,37+,38+,39-,41+,42-,43-,44-,45-,46+,47+,48-/m1/s1. The molecule has 3 saturated heterocycles. The summed E-state index contributed by atoms with van der Waals surface area (Å²) in [7, 11) is 0. The first-order valence-corrected chi connectivity index (χ1v) is 22.9. The number of rotatable bonds is 9. The highest BCUT2D eigenvalue weighted by molar-refractivity contribution is 6.30. The molecule has 0 radical (unpaired) electrons. The van der Waals surface area contributed by atoms with Gasteiger partial charge in [0.15, 0.2) is 24.3 Å². The number of carbonyl (C=O) groups is 4. The van der Waals surface area contributed by atoms with Crippen molar-refractivity contribution in [1.82, 2.24) is 5.32 Å². The lowest BCUT2D eigenvalue weighted by molar-refractivity contribution is -0.289. The van der Waals surface area contributed by atoms with Crippen LogP contribution in [0.25, 0.3) is 6.08 Å². The number of carbonyl (C=O) groups excluding carboxylic acids is 4. The van der Waals surface area contributed by atoms with Gasteiger partial charge in [-0.3, -0.25) is 19.2 Å². The fourth-order valence-corrected chi connectivity index (χ4v) is 13.3. The second-order valence-corrected chi connectivity index (χ2v) is 20.1. The molecule has 1 aromatic carbocycles. The summed E-state index contributed by atoms with van der Waals surface area (Å²) in [5.41, 5.74) is 2.34. The van der Waals surface area contributed by atoms with E-state index in [0.717, 1.165) is 45.1 Å². The third-order valence-electron chi connectivity index (χ3n) is 15.9. The van der Waals surface area contributed by atoms with Gasteiger partial charge in [-0.1, -0.05) is 63.1 Å². The normalized spacial score (nSPS) is 42.7. The predicted octanol–water partition coefficient (Wildman–Crippen LogP) is 7.74. The summed E-state index contributed by atoms with van der Waals surface area (Å²) in [6.07, 6.45) is 9.74. The molecule has 13 heteroatoms. The largest absolute Gasteiger partial charge is 0.463 e. The molecule has 61 heavy (non-hydrogen) atoms. The summed E-state index contributed by atoms with van der Waals surface area (Å²) in [4.78, 5) is 50.7. The molecule has 0 unspecified atom stereocenters. The van der Waals surface area contributed by atoms with E-state index in [1.165, 1.54) is 45.3 Å². The summed E-state index contributed by atoms with van der Waals surface area (Å²) in [5, 5.41) is 3.46. The molecule has 12 nitrogen and oxygen atoms in total. The molecule has 7 aliphatic rings. The Bertz CT molecular complexity index is 1910. The van der Waals surface area contributed by atoms with Gasteiger partial charge in [0, 0.05) is 44.2 Å². The summed E-state index contributed by atoms with van der Waals surface area (Å²) >= 11 is 6.17. The predicted molar refractivity (Wildman–Crippen MR) is 225 cm³/mol. The Balaban J connectivity index is 1.02. The first-order valence-electron chi connectivity index (χ1n) is 22.5. The highest BCUT2D eigenvalue weighted by Gasteiger charge is 2.69. The molecular formula is C48H64ClNO11. The van der Waals surface area contributed by atoms with Crippen LogP contribution in [0, 0.1) is 46.3 Å². The molecule has 3 heterocycles. The molecule has 0 bridgehead atoms. The Labute approximate surface area is 365 Å². The third-order valence-corrected chi connectivity index (χ3v) is 16.2. The van der Waals surface area contributed by atoms with Crippen molar-refractivity contribution in [2.75, 3.05) is 13.2 Å². The van der Waals surface area contributed by atoms with Gasteiger partial charge in [-0.05, 0) is 116 Å². The van der Waals surface area contributed by atoms with Crippen molar-refractivity contribution in [3.8, 4) is 0 Å². The van der Waals surface area contributed by atoms with Crippen molar-refractivity contribution in [3.05, 3.63) is 52.6 Å². The van der Waals surface area contributed by atoms with E-state index >= 15 is 0 Å². The molecular weight excluding hydrogens is 802 g/mol. The van der Waals surface area contributed by atoms with Crippen LogP contribution in [0.4, 0.5) is 0 Å². The van der Waals surface area contributed by atoms with Crippen molar-refractivity contribution in [2.24, 2.45) is 46.3 Å². The third kappa shape index (κ3) is 8.57. The van der Waals surface area contributed by atoms with E-state index in [4.69, 9.17) is 44.8 Å². The molecule has 4 aliphatic carbocycles. The highest BCUT2D eigenvalue weighted by atomic mass is 35.5. The number of ether oxygens (including phenoxy) is 7. The maximum absolute atomic E-state index is 13.6. The summed E-state index contributed by atoms with van der Waals surface area (Å²) in [6, 6.07) is 5.95. The average molecular weight is 866 g/mol. The highest BCUT2D eigenvalue weighted by Crippen LogP contribution is 2.70. The lowest BCUT2D eigenvalue weighted by atomic mass is 9.47. The summed E-state index contributed by atoms with van der Waals surface area (Å²) in [6.45, 7) is 13.9. The lowest BCUT2D eigenvalue weighted by Gasteiger charge is -2.58. The monoisotopic (exact) mass is 865 g/mol. The number of allylic oxidation sites excluding steroid dienone is 1. The maximum atomic E-state index is 13.6. The fraction of sp³-hybridized carbons (Fsp3) is 0.708. The number of nitrogens with one attached hydrogen (secondary N) is 1. The Hall–Kier alpha value is -3.29. The van der Waals surface area contributed by atoms with Gasteiger partial charge in [0.2, 0.25) is 5.91 Å². The first-order chi connectivity index (χ1) is 29.0. The van der Waals surface area contributed by atoms with Crippen LogP contribution in [0.2, 0.25) is 5.02 Å². The van der Waals surface area contributed by atoms with Gasteiger partial charge in [0.05, 0.1) is 18.8 Å². The van der Waals surface area contributed by atoms with Gasteiger partial charge >= 0.3 is 17.9 Å². The van der Waals surface area contributed by atoms with Gasteiger partial charge in [-0.15, -0.1) is 0 Å². The number of halogens is 1. The molecule has 6 fully saturated rings. The van der Waals surface area contributed by atoms with Crippen LogP contribution in [-0.2, 0) is 52.3 Å². The van der Waals surface area contributed by atoms with E-state index < -0.39 is 60.2 Å². The van der Waals surface area contributed by atoms with Crippen molar-refractivity contribution in [2.45, 2.75) is 155 Å². The van der Waals surface area contributed by atoms with Gasteiger partial charge in [0.25, 0.3) is 0 Å². The minimum absolute atomic E-state index is 0.0167. The molecule has 0 aromatic heterocycles. The molecule has 3 aliphatic heterocycles. The van der Waals surface area contributed by atoms with Crippen LogP contribution in [0.15, 0.2) is 42.0 Å². The SMILES string of the molecule is CC(=O)OC[C@H]1O[C@@H](O[C@H]2CC[C@@]3(C)C(=CC[C@H]4[C@@H]5C[C@@H]6O[C@]7(CC[C@@H](C)CO7)[C@@H](C)[C@@H]6[C@@]5(C)CC[C@@H]43)C2)[C@H](NC(=O)/C=C/c2cccc(Cl)c2)[C@@H](OC(C)=O)[C@@H]1OC(C)=O. The zero-order chi connectivity index (χ0) is 43.4. The van der Waals surface area contributed by atoms with E-state index in [2.05, 4.69) is 39.1 Å². The second kappa shape index (κ2) is 17.4. The van der Waals surface area contributed by atoms with Crippen LogP contribution < -0.4 is 5.32 Å². The number of hydrogen-bond acceptors (Lipinski definition) is 11. The number of fused-ring (bicyclic) bond motifs is 7. The molecule has 3 saturated carbocycles. The average Bonchev–Trinajstić information content (AvgIpc) is 3.65. The van der Waals surface area contributed by atoms with Crippen LogP contribution >= 0.6 is 11.6 Å². The van der Waals surface area contributed by atoms with E-state index in [1.54, 1.807) is 24.3 Å². The zero-order valence-corrected chi connectivity index (χ0v) is 37.4. The molecule has 16 atom stereocenters. The summed E-state index contributed by atoms with van der Waals surface area (Å²) in [5.74, 6) is 0.360. The van der Waals surface area contributed by atoms with Gasteiger partial charge < -0.3 is 38.5 Å². The number of esters is 3. The molecule has 1 N–H and O–H groups in total. The molecule has 8 rings (SSSR count). The molecule has 1 aromatic rings. The minimum atomic E-state index is -1.23. The Morgan fingerprint density at radius 1 is 0.951 bits per heavy atom. The minimum Gasteiger partial charge on any atom is -0.463 e. The molecule has 334 valence electrons.